The summed E-state index contributed by atoms with van der Waals surface area (Å²) in [5.41, 5.74) is 6.62. The van der Waals surface area contributed by atoms with Crippen molar-refractivity contribution in [2.24, 2.45) is 0 Å². The van der Waals surface area contributed by atoms with Crippen LogP contribution in [0.2, 0.25) is 0 Å². The van der Waals surface area contributed by atoms with Crippen LogP contribution in [0.4, 0.5) is 0 Å². The van der Waals surface area contributed by atoms with Gasteiger partial charge >= 0.3 is 7.60 Å². The summed E-state index contributed by atoms with van der Waals surface area (Å²) in [7, 11) is -3.60. The van der Waals surface area contributed by atoms with Crippen LogP contribution in [0.25, 0.3) is 0 Å². The highest BCUT2D eigenvalue weighted by atomic mass is 31.2. The van der Waals surface area contributed by atoms with Crippen LogP contribution in [0, 0.1) is 13.8 Å². The Labute approximate surface area is 173 Å². The zero-order valence-corrected chi connectivity index (χ0v) is 18.4. The van der Waals surface area contributed by atoms with Gasteiger partial charge in [0.05, 0.1) is 5.30 Å². The molecule has 1 heterocycles. The van der Waals surface area contributed by atoms with Crippen molar-refractivity contribution in [2.45, 2.75) is 47.0 Å². The lowest BCUT2D eigenvalue weighted by molar-refractivity contribution is 0.390. The molecule has 4 heteroatoms. The van der Waals surface area contributed by atoms with Gasteiger partial charge in [-0.3, -0.25) is 0 Å². The number of fused-ring (bicyclic) bond motifs is 2. The number of aryl methyl sites for hydroxylation is 4. The van der Waals surface area contributed by atoms with Gasteiger partial charge in [0.25, 0.3) is 0 Å². The van der Waals surface area contributed by atoms with Crippen LogP contribution in [0.1, 0.15) is 47.2 Å². The molecule has 0 aliphatic carbocycles. The first kappa shape index (κ1) is 19.8. The SMILES string of the molecule is CCc1cc(C)c2c(c1)Cc1cc(CC)cc(C)c1OP(=O)(c1ccccc1)O2. The fourth-order valence-corrected chi connectivity index (χ4v) is 5.76. The zero-order chi connectivity index (χ0) is 20.6. The molecule has 0 fully saturated rings. The number of benzene rings is 3. The Balaban J connectivity index is 1.98. The molecule has 1 aliphatic heterocycles. The minimum Gasteiger partial charge on any atom is -0.412 e. The molecule has 150 valence electrons. The maximum Gasteiger partial charge on any atom is 0.462 e. The second-order valence-corrected chi connectivity index (χ2v) is 9.58. The van der Waals surface area contributed by atoms with Crippen molar-refractivity contribution in [1.82, 2.24) is 0 Å². The molecule has 0 aromatic heterocycles. The maximum absolute atomic E-state index is 14.1. The molecule has 0 atom stereocenters. The van der Waals surface area contributed by atoms with Crippen LogP contribution in [0.3, 0.4) is 0 Å². The third kappa shape index (κ3) is 3.72. The van der Waals surface area contributed by atoms with E-state index in [0.717, 1.165) is 35.1 Å². The largest absolute Gasteiger partial charge is 0.462 e. The van der Waals surface area contributed by atoms with E-state index in [1.165, 1.54) is 11.1 Å². The molecule has 0 saturated carbocycles. The van der Waals surface area contributed by atoms with Gasteiger partial charge in [-0.05, 0) is 72.2 Å². The predicted octanol–water partition coefficient (Wildman–Crippen LogP) is 6.31. The molecule has 0 bridgehead atoms. The fourth-order valence-electron chi connectivity index (χ4n) is 3.97. The van der Waals surface area contributed by atoms with Crippen LogP contribution in [0.15, 0.2) is 54.6 Å². The van der Waals surface area contributed by atoms with Crippen LogP contribution in [0.5, 0.6) is 11.5 Å². The van der Waals surface area contributed by atoms with E-state index in [1.54, 1.807) is 0 Å². The molecule has 0 amide bonds. The Morgan fingerprint density at radius 3 is 1.72 bits per heavy atom. The highest BCUT2D eigenvalue weighted by Crippen LogP contribution is 2.53. The Bertz CT molecular complexity index is 1040. The van der Waals surface area contributed by atoms with E-state index in [9.17, 15) is 4.57 Å². The van der Waals surface area contributed by atoms with Crippen molar-refractivity contribution in [1.29, 1.82) is 0 Å². The predicted molar refractivity (Wildman–Crippen MR) is 119 cm³/mol. The fraction of sp³-hybridized carbons (Fsp3) is 0.280. The maximum atomic E-state index is 14.1. The first-order chi connectivity index (χ1) is 13.9. The summed E-state index contributed by atoms with van der Waals surface area (Å²) < 4.78 is 26.6. The molecule has 4 rings (SSSR count). The van der Waals surface area contributed by atoms with Crippen LogP contribution >= 0.6 is 7.60 Å². The van der Waals surface area contributed by atoms with Gasteiger partial charge in [-0.15, -0.1) is 0 Å². The number of hydrogen-bond donors (Lipinski definition) is 0. The van der Waals surface area contributed by atoms with E-state index < -0.39 is 7.60 Å². The van der Waals surface area contributed by atoms with Gasteiger partial charge in [0.2, 0.25) is 0 Å². The van der Waals surface area contributed by atoms with Gasteiger partial charge in [-0.1, -0.05) is 56.3 Å². The number of hydrogen-bond acceptors (Lipinski definition) is 3. The van der Waals surface area contributed by atoms with Gasteiger partial charge in [-0.2, -0.15) is 0 Å². The monoisotopic (exact) mass is 406 g/mol. The van der Waals surface area contributed by atoms with E-state index in [2.05, 4.69) is 38.1 Å². The Kier molecular flexibility index (Phi) is 5.27. The van der Waals surface area contributed by atoms with Crippen molar-refractivity contribution < 1.29 is 13.6 Å². The summed E-state index contributed by atoms with van der Waals surface area (Å²) >= 11 is 0. The van der Waals surface area contributed by atoms with Crippen molar-refractivity contribution in [3.63, 3.8) is 0 Å². The molecule has 3 aromatic carbocycles. The van der Waals surface area contributed by atoms with Crippen LogP contribution in [-0.4, -0.2) is 0 Å². The van der Waals surface area contributed by atoms with Gasteiger partial charge in [0.15, 0.2) is 0 Å². The van der Waals surface area contributed by atoms with Crippen molar-refractivity contribution >= 4 is 12.9 Å². The molecule has 1 aliphatic rings. The highest BCUT2D eigenvalue weighted by Gasteiger charge is 2.36. The third-order valence-corrected chi connectivity index (χ3v) is 7.29. The molecular formula is C25H27O3P. The van der Waals surface area contributed by atoms with E-state index >= 15 is 0 Å². The minimum atomic E-state index is -3.60. The summed E-state index contributed by atoms with van der Waals surface area (Å²) in [6, 6.07) is 17.8. The quantitative estimate of drug-likeness (QED) is 0.478. The summed E-state index contributed by atoms with van der Waals surface area (Å²) in [5, 5.41) is 0.566. The molecule has 0 saturated heterocycles. The first-order valence-corrected chi connectivity index (χ1v) is 11.8. The van der Waals surface area contributed by atoms with Crippen molar-refractivity contribution in [3.05, 3.63) is 88.0 Å². The average molecular weight is 406 g/mol. The molecule has 0 N–H and O–H groups in total. The van der Waals surface area contributed by atoms with Crippen molar-refractivity contribution in [2.75, 3.05) is 0 Å². The second-order valence-electron chi connectivity index (χ2n) is 7.70. The zero-order valence-electron chi connectivity index (χ0n) is 17.5. The molecular weight excluding hydrogens is 379 g/mol. The smallest absolute Gasteiger partial charge is 0.412 e. The summed E-state index contributed by atoms with van der Waals surface area (Å²) in [6.07, 6.45) is 2.59. The first-order valence-electron chi connectivity index (χ1n) is 10.2. The standard InChI is InChI=1S/C25H27O3P/c1-5-19-12-17(3)24-21(14-19)16-22-15-20(6-2)13-18(4)25(22)28-29(26,27-24)23-10-8-7-9-11-23/h7-15H,5-6,16H2,1-4H3. The molecule has 29 heavy (non-hydrogen) atoms. The van der Waals surface area contributed by atoms with Gasteiger partial charge in [0, 0.05) is 6.42 Å². The van der Waals surface area contributed by atoms with Gasteiger partial charge < -0.3 is 9.05 Å². The Hall–Kier alpha value is -2.51. The topological polar surface area (TPSA) is 35.5 Å². The lowest BCUT2D eigenvalue weighted by Gasteiger charge is -2.28. The third-order valence-electron chi connectivity index (χ3n) is 5.52. The summed E-state index contributed by atoms with van der Waals surface area (Å²) in [5.74, 6) is 1.36. The van der Waals surface area contributed by atoms with E-state index in [-0.39, 0.29) is 0 Å². The van der Waals surface area contributed by atoms with Crippen molar-refractivity contribution in [3.8, 4) is 11.5 Å². The average Bonchev–Trinajstić information content (AvgIpc) is 2.72. The molecule has 0 spiro atoms. The highest BCUT2D eigenvalue weighted by molar-refractivity contribution is 7.63. The van der Waals surface area contributed by atoms with E-state index in [1.807, 2.05) is 44.2 Å². The lowest BCUT2D eigenvalue weighted by atomic mass is 9.94. The molecule has 0 unspecified atom stereocenters. The van der Waals surface area contributed by atoms with Gasteiger partial charge in [-0.25, -0.2) is 4.57 Å². The summed E-state index contributed by atoms with van der Waals surface area (Å²) in [6.45, 7) is 8.33. The molecule has 3 nitrogen and oxygen atoms in total. The van der Waals surface area contributed by atoms with Crippen LogP contribution < -0.4 is 14.4 Å². The van der Waals surface area contributed by atoms with Crippen LogP contribution in [-0.2, 0) is 23.8 Å². The second kappa shape index (κ2) is 7.72. The van der Waals surface area contributed by atoms with E-state index in [4.69, 9.17) is 9.05 Å². The normalized spacial score (nSPS) is 14.6. The van der Waals surface area contributed by atoms with Gasteiger partial charge in [0.1, 0.15) is 11.5 Å². The molecule has 3 aromatic rings. The lowest BCUT2D eigenvalue weighted by Crippen LogP contribution is -2.18. The number of rotatable bonds is 3. The Morgan fingerprint density at radius 2 is 1.28 bits per heavy atom. The summed E-state index contributed by atoms with van der Waals surface area (Å²) in [4.78, 5) is 0. The molecule has 0 radical (unpaired) electrons. The van der Waals surface area contributed by atoms with E-state index in [0.29, 0.717) is 23.2 Å². The minimum absolute atomic E-state index is 0.566. The Morgan fingerprint density at radius 1 is 0.793 bits per heavy atom.